The highest BCUT2D eigenvalue weighted by atomic mass is 35.5. The van der Waals surface area contributed by atoms with Crippen LogP contribution in [0.3, 0.4) is 0 Å². The Labute approximate surface area is 250 Å². The third kappa shape index (κ3) is 5.20. The van der Waals surface area contributed by atoms with Gasteiger partial charge in [0.1, 0.15) is 0 Å². The maximum Gasteiger partial charge on any atom is 0.258 e. The summed E-state index contributed by atoms with van der Waals surface area (Å²) < 4.78 is 0. The summed E-state index contributed by atoms with van der Waals surface area (Å²) in [6, 6.07) is 27.5. The van der Waals surface area contributed by atoms with Gasteiger partial charge in [-0.2, -0.15) is 0 Å². The molecule has 0 radical (unpaired) electrons. The summed E-state index contributed by atoms with van der Waals surface area (Å²) in [6.07, 6.45) is 0. The molecule has 2 heterocycles. The minimum atomic E-state index is -0.346. The second kappa shape index (κ2) is 10.9. The lowest BCUT2D eigenvalue weighted by molar-refractivity contribution is -0.117. The first-order chi connectivity index (χ1) is 19.3. The molecule has 4 nitrogen and oxygen atoms in total. The molecular weight excluding hydrogens is 579 g/mol. The Kier molecular flexibility index (Phi) is 7.27. The maximum absolute atomic E-state index is 13.1. The van der Waals surface area contributed by atoms with Crippen molar-refractivity contribution >= 4 is 69.9 Å². The molecule has 0 saturated carbocycles. The van der Waals surface area contributed by atoms with Crippen LogP contribution in [0.15, 0.2) is 116 Å². The van der Waals surface area contributed by atoms with Gasteiger partial charge in [0.05, 0.1) is 32.6 Å². The van der Waals surface area contributed by atoms with Crippen molar-refractivity contribution in [1.82, 2.24) is 10.6 Å². The SMILES string of the molecule is Cc1ccc(Sc2ccc(C3=C4C(=O)NC(c5ccc(Sc6ccc(C)cc6)c(Cl)c5)=C4C(=O)N3)cc2Cl)cc1. The van der Waals surface area contributed by atoms with E-state index < -0.39 is 0 Å². The second-order valence-corrected chi connectivity index (χ2v) is 12.6. The molecule has 4 aromatic rings. The molecular formula is C32H22Cl2N2O2S2. The van der Waals surface area contributed by atoms with Crippen molar-refractivity contribution in [1.29, 1.82) is 0 Å². The highest BCUT2D eigenvalue weighted by Crippen LogP contribution is 2.41. The van der Waals surface area contributed by atoms with Gasteiger partial charge in [-0.1, -0.05) is 94.3 Å². The zero-order valence-corrected chi connectivity index (χ0v) is 24.6. The number of rotatable bonds is 6. The number of hydrogen-bond acceptors (Lipinski definition) is 4. The van der Waals surface area contributed by atoms with Gasteiger partial charge in [-0.15, -0.1) is 0 Å². The highest BCUT2D eigenvalue weighted by molar-refractivity contribution is 7.99. The van der Waals surface area contributed by atoms with Crippen LogP contribution in [0.5, 0.6) is 0 Å². The van der Waals surface area contributed by atoms with E-state index in [9.17, 15) is 9.59 Å². The highest BCUT2D eigenvalue weighted by Gasteiger charge is 2.41. The Balaban J connectivity index is 1.31. The standard InChI is InChI=1S/C32H22Cl2N2O2S2/c1-17-3-9-21(10-4-17)39-25-13-7-19(15-23(25)33)29-27-28(32(38)35-29)30(36-31(27)37)20-8-14-26(24(34)16-20)40-22-11-5-18(2)6-12-22/h3-16H,1-2H3,(H,35,38)(H,36,37). The average molecular weight is 602 g/mol. The fourth-order valence-corrected chi connectivity index (χ4v) is 6.79. The molecule has 198 valence electrons. The molecule has 0 unspecified atom stereocenters. The van der Waals surface area contributed by atoms with E-state index >= 15 is 0 Å². The molecule has 6 rings (SSSR count). The van der Waals surface area contributed by atoms with E-state index in [0.29, 0.717) is 43.7 Å². The predicted octanol–water partition coefficient (Wildman–Crippen LogP) is 8.29. The van der Waals surface area contributed by atoms with Crippen LogP contribution >= 0.6 is 46.7 Å². The molecule has 0 aliphatic carbocycles. The van der Waals surface area contributed by atoms with E-state index in [1.807, 2.05) is 62.4 Å². The Morgan fingerprint density at radius 3 is 1.27 bits per heavy atom. The van der Waals surface area contributed by atoms with E-state index in [0.717, 1.165) is 19.6 Å². The molecule has 0 spiro atoms. The summed E-state index contributed by atoms with van der Waals surface area (Å²) >= 11 is 16.4. The van der Waals surface area contributed by atoms with Crippen LogP contribution in [0.1, 0.15) is 22.3 Å². The molecule has 0 fully saturated rings. The Hall–Kier alpha value is -3.42. The summed E-state index contributed by atoms with van der Waals surface area (Å²) in [5.41, 5.74) is 5.21. The van der Waals surface area contributed by atoms with Crippen molar-refractivity contribution in [2.75, 3.05) is 0 Å². The predicted molar refractivity (Wildman–Crippen MR) is 164 cm³/mol. The third-order valence-electron chi connectivity index (χ3n) is 6.62. The number of fused-ring (bicyclic) bond motifs is 1. The normalized spacial score (nSPS) is 14.5. The van der Waals surface area contributed by atoms with E-state index in [-0.39, 0.29) is 11.8 Å². The minimum absolute atomic E-state index is 0.309. The number of amides is 2. The van der Waals surface area contributed by atoms with E-state index in [2.05, 4.69) is 34.9 Å². The van der Waals surface area contributed by atoms with Crippen LogP contribution in [-0.2, 0) is 9.59 Å². The first-order valence-corrected chi connectivity index (χ1v) is 14.9. The average Bonchev–Trinajstić information content (AvgIpc) is 3.47. The number of carbonyl (C=O) groups excluding carboxylic acids is 2. The minimum Gasteiger partial charge on any atom is -0.321 e. The first-order valence-electron chi connectivity index (χ1n) is 12.5. The summed E-state index contributed by atoms with van der Waals surface area (Å²) in [5.74, 6) is -0.691. The van der Waals surface area contributed by atoms with Crippen LogP contribution in [-0.4, -0.2) is 11.8 Å². The smallest absolute Gasteiger partial charge is 0.258 e. The van der Waals surface area contributed by atoms with Crippen LogP contribution in [0, 0.1) is 13.8 Å². The van der Waals surface area contributed by atoms with Crippen molar-refractivity contribution in [2.24, 2.45) is 0 Å². The number of hydrogen-bond donors (Lipinski definition) is 2. The molecule has 4 aromatic carbocycles. The molecule has 8 heteroatoms. The van der Waals surface area contributed by atoms with Gasteiger partial charge in [0.2, 0.25) is 0 Å². The number of halogens is 2. The van der Waals surface area contributed by atoms with Gasteiger partial charge in [-0.3, -0.25) is 9.59 Å². The van der Waals surface area contributed by atoms with Gasteiger partial charge < -0.3 is 10.6 Å². The third-order valence-corrected chi connectivity index (χ3v) is 9.64. The number of nitrogens with one attached hydrogen (secondary N) is 2. The van der Waals surface area contributed by atoms with E-state index in [1.54, 1.807) is 35.7 Å². The Morgan fingerprint density at radius 1 is 0.550 bits per heavy atom. The number of carbonyl (C=O) groups is 2. The molecule has 2 aliphatic rings. The molecule has 2 amide bonds. The molecule has 2 N–H and O–H groups in total. The Morgan fingerprint density at radius 2 is 0.925 bits per heavy atom. The molecule has 0 atom stereocenters. The summed E-state index contributed by atoms with van der Waals surface area (Å²) in [7, 11) is 0. The zero-order chi connectivity index (χ0) is 28.0. The summed E-state index contributed by atoms with van der Waals surface area (Å²) in [6.45, 7) is 4.09. The van der Waals surface area contributed by atoms with Crippen LogP contribution in [0.4, 0.5) is 0 Å². The summed E-state index contributed by atoms with van der Waals surface area (Å²) in [4.78, 5) is 30.2. The fraction of sp³-hybridized carbons (Fsp3) is 0.0625. The van der Waals surface area contributed by atoms with Gasteiger partial charge in [-0.25, -0.2) is 0 Å². The van der Waals surface area contributed by atoms with Crippen molar-refractivity contribution in [3.8, 4) is 0 Å². The lowest BCUT2D eigenvalue weighted by atomic mass is 10.0. The van der Waals surface area contributed by atoms with Crippen molar-refractivity contribution in [3.05, 3.63) is 128 Å². The van der Waals surface area contributed by atoms with Crippen LogP contribution in [0.25, 0.3) is 11.4 Å². The lowest BCUT2D eigenvalue weighted by Crippen LogP contribution is -2.21. The van der Waals surface area contributed by atoms with Gasteiger partial charge >= 0.3 is 0 Å². The van der Waals surface area contributed by atoms with Gasteiger partial charge in [0, 0.05) is 30.7 Å². The Bertz CT molecular complexity index is 1630. The van der Waals surface area contributed by atoms with Crippen molar-refractivity contribution in [3.63, 3.8) is 0 Å². The van der Waals surface area contributed by atoms with Crippen LogP contribution in [0.2, 0.25) is 10.0 Å². The molecule has 40 heavy (non-hydrogen) atoms. The van der Waals surface area contributed by atoms with Gasteiger partial charge in [0.15, 0.2) is 0 Å². The molecule has 0 aromatic heterocycles. The second-order valence-electron chi connectivity index (χ2n) is 9.53. The first kappa shape index (κ1) is 26.8. The van der Waals surface area contributed by atoms with Gasteiger partial charge in [0.25, 0.3) is 11.8 Å². The summed E-state index contributed by atoms with van der Waals surface area (Å²) in [5, 5.41) is 6.85. The zero-order valence-electron chi connectivity index (χ0n) is 21.5. The monoisotopic (exact) mass is 600 g/mol. The number of benzene rings is 4. The van der Waals surface area contributed by atoms with Crippen LogP contribution < -0.4 is 10.6 Å². The van der Waals surface area contributed by atoms with Crippen molar-refractivity contribution in [2.45, 2.75) is 33.4 Å². The molecule has 0 bridgehead atoms. The quantitative estimate of drug-likeness (QED) is 0.234. The van der Waals surface area contributed by atoms with E-state index in [1.165, 1.54) is 11.1 Å². The van der Waals surface area contributed by atoms with Gasteiger partial charge in [-0.05, 0) is 62.4 Å². The number of aryl methyl sites for hydroxylation is 2. The molecule has 2 aliphatic heterocycles. The largest absolute Gasteiger partial charge is 0.321 e. The molecule has 0 saturated heterocycles. The lowest BCUT2D eigenvalue weighted by Gasteiger charge is -2.11. The van der Waals surface area contributed by atoms with E-state index in [4.69, 9.17) is 23.2 Å². The topological polar surface area (TPSA) is 58.2 Å². The fourth-order valence-electron chi connectivity index (χ4n) is 4.56. The van der Waals surface area contributed by atoms with Crippen molar-refractivity contribution < 1.29 is 9.59 Å². The maximum atomic E-state index is 13.1.